The maximum absolute atomic E-state index is 12.9. The minimum absolute atomic E-state index is 0.190. The van der Waals surface area contributed by atoms with E-state index in [4.69, 9.17) is 21.1 Å². The van der Waals surface area contributed by atoms with E-state index in [9.17, 15) is 9.59 Å². The highest BCUT2D eigenvalue weighted by atomic mass is 35.5. The predicted molar refractivity (Wildman–Crippen MR) is 109 cm³/mol. The van der Waals surface area contributed by atoms with E-state index in [1.165, 1.54) is 4.90 Å². The van der Waals surface area contributed by atoms with Gasteiger partial charge in [-0.2, -0.15) is 0 Å². The summed E-state index contributed by atoms with van der Waals surface area (Å²) in [6.45, 7) is 1.96. The molecule has 1 atom stereocenters. The van der Waals surface area contributed by atoms with Crippen molar-refractivity contribution in [2.75, 3.05) is 20.8 Å². The summed E-state index contributed by atoms with van der Waals surface area (Å²) in [4.78, 5) is 26.8. The van der Waals surface area contributed by atoms with E-state index in [1.807, 2.05) is 31.2 Å². The first-order chi connectivity index (χ1) is 13.5. The van der Waals surface area contributed by atoms with Gasteiger partial charge in [-0.05, 0) is 42.3 Å². The van der Waals surface area contributed by atoms with Crippen LogP contribution in [0.1, 0.15) is 18.9 Å². The molecule has 1 N–H and O–H groups in total. The molecule has 0 fully saturated rings. The van der Waals surface area contributed by atoms with Crippen LogP contribution >= 0.6 is 11.6 Å². The number of nitrogens with zero attached hydrogens (tertiary/aromatic N) is 1. The van der Waals surface area contributed by atoms with Crippen LogP contribution in [-0.4, -0.2) is 43.5 Å². The standard InChI is InChI=1S/C21H25ClN2O4/c1-4-19(21(26)23-2)24(13-15-8-10-17(27-3)11-9-15)20(25)14-28-18-7-5-6-16(22)12-18/h5-12,19H,4,13-14H2,1-3H3,(H,23,26)/t19-/m1/s1. The van der Waals surface area contributed by atoms with Crippen LogP contribution in [0.25, 0.3) is 0 Å². The highest BCUT2D eigenvalue weighted by Crippen LogP contribution is 2.19. The Hall–Kier alpha value is -2.73. The van der Waals surface area contributed by atoms with E-state index < -0.39 is 6.04 Å². The number of hydrogen-bond acceptors (Lipinski definition) is 4. The average molecular weight is 405 g/mol. The Morgan fingerprint density at radius 1 is 1.14 bits per heavy atom. The zero-order chi connectivity index (χ0) is 20.5. The quantitative estimate of drug-likeness (QED) is 0.696. The SMILES string of the molecule is CC[C@H](C(=O)NC)N(Cc1ccc(OC)cc1)C(=O)COc1cccc(Cl)c1. The van der Waals surface area contributed by atoms with E-state index >= 15 is 0 Å². The Morgan fingerprint density at radius 3 is 2.43 bits per heavy atom. The predicted octanol–water partition coefficient (Wildman–Crippen LogP) is 3.28. The third-order valence-electron chi connectivity index (χ3n) is 4.30. The van der Waals surface area contributed by atoms with Crippen LogP contribution in [0.15, 0.2) is 48.5 Å². The van der Waals surface area contributed by atoms with Gasteiger partial charge in [-0.3, -0.25) is 9.59 Å². The Balaban J connectivity index is 2.17. The summed E-state index contributed by atoms with van der Waals surface area (Å²) in [5, 5.41) is 3.15. The Kier molecular flexibility index (Phi) is 8.14. The van der Waals surface area contributed by atoms with E-state index in [0.29, 0.717) is 17.2 Å². The summed E-state index contributed by atoms with van der Waals surface area (Å²) in [5.41, 5.74) is 0.888. The topological polar surface area (TPSA) is 67.9 Å². The molecule has 7 heteroatoms. The van der Waals surface area contributed by atoms with Crippen molar-refractivity contribution >= 4 is 23.4 Å². The van der Waals surface area contributed by atoms with E-state index in [-0.39, 0.29) is 25.0 Å². The second-order valence-electron chi connectivity index (χ2n) is 6.15. The number of amides is 2. The summed E-state index contributed by atoms with van der Waals surface area (Å²) < 4.78 is 10.8. The fourth-order valence-corrected chi connectivity index (χ4v) is 2.98. The first kappa shape index (κ1) is 21.6. The normalized spacial score (nSPS) is 11.4. The molecule has 0 aliphatic carbocycles. The number of rotatable bonds is 9. The first-order valence-corrected chi connectivity index (χ1v) is 9.38. The van der Waals surface area contributed by atoms with Gasteiger partial charge in [0.15, 0.2) is 6.61 Å². The smallest absolute Gasteiger partial charge is 0.261 e. The van der Waals surface area contributed by atoms with Crippen molar-refractivity contribution in [2.24, 2.45) is 0 Å². The second-order valence-corrected chi connectivity index (χ2v) is 6.59. The molecule has 2 aromatic rings. The monoisotopic (exact) mass is 404 g/mol. The molecule has 28 heavy (non-hydrogen) atoms. The molecule has 0 bridgehead atoms. The molecule has 0 saturated heterocycles. The lowest BCUT2D eigenvalue weighted by Crippen LogP contribution is -2.49. The van der Waals surface area contributed by atoms with Crippen LogP contribution in [0.5, 0.6) is 11.5 Å². The Bertz CT molecular complexity index is 795. The zero-order valence-corrected chi connectivity index (χ0v) is 17.0. The molecule has 2 aromatic carbocycles. The fraction of sp³-hybridized carbons (Fsp3) is 0.333. The lowest BCUT2D eigenvalue weighted by atomic mass is 10.1. The first-order valence-electron chi connectivity index (χ1n) is 9.00. The number of likely N-dealkylation sites (N-methyl/N-ethyl adjacent to an activating group) is 1. The number of benzene rings is 2. The van der Waals surface area contributed by atoms with Crippen molar-refractivity contribution in [3.63, 3.8) is 0 Å². The van der Waals surface area contributed by atoms with Gasteiger partial charge in [0.2, 0.25) is 5.91 Å². The molecule has 2 amide bonds. The highest BCUT2D eigenvalue weighted by molar-refractivity contribution is 6.30. The molecule has 2 rings (SSSR count). The molecule has 0 aliphatic heterocycles. The van der Waals surface area contributed by atoms with Crippen molar-refractivity contribution in [1.82, 2.24) is 10.2 Å². The van der Waals surface area contributed by atoms with E-state index in [0.717, 1.165) is 11.3 Å². The van der Waals surface area contributed by atoms with Crippen LogP contribution in [0.2, 0.25) is 5.02 Å². The number of carbonyl (C=O) groups is 2. The van der Waals surface area contributed by atoms with Crippen LogP contribution in [0, 0.1) is 0 Å². The Labute approximate surface area is 170 Å². The molecule has 0 spiro atoms. The Morgan fingerprint density at radius 2 is 1.86 bits per heavy atom. The molecule has 6 nitrogen and oxygen atoms in total. The molecule has 0 saturated carbocycles. The van der Waals surface area contributed by atoms with Gasteiger partial charge in [-0.1, -0.05) is 36.7 Å². The van der Waals surface area contributed by atoms with Crippen molar-refractivity contribution < 1.29 is 19.1 Å². The summed E-state index contributed by atoms with van der Waals surface area (Å²) in [5.74, 6) is 0.723. The van der Waals surface area contributed by atoms with Crippen molar-refractivity contribution in [2.45, 2.75) is 25.9 Å². The molecule has 0 aliphatic rings. The van der Waals surface area contributed by atoms with Gasteiger partial charge < -0.3 is 19.7 Å². The number of halogens is 1. The van der Waals surface area contributed by atoms with Gasteiger partial charge in [-0.25, -0.2) is 0 Å². The highest BCUT2D eigenvalue weighted by Gasteiger charge is 2.28. The van der Waals surface area contributed by atoms with Crippen LogP contribution in [0.4, 0.5) is 0 Å². The van der Waals surface area contributed by atoms with Crippen molar-refractivity contribution in [3.05, 3.63) is 59.1 Å². The molecular formula is C21H25ClN2O4. The maximum Gasteiger partial charge on any atom is 0.261 e. The molecule has 0 aromatic heterocycles. The number of methoxy groups -OCH3 is 1. The van der Waals surface area contributed by atoms with E-state index in [1.54, 1.807) is 38.4 Å². The molecule has 0 radical (unpaired) electrons. The lowest BCUT2D eigenvalue weighted by molar-refractivity contribution is -0.142. The lowest BCUT2D eigenvalue weighted by Gasteiger charge is -2.30. The van der Waals surface area contributed by atoms with Gasteiger partial charge in [-0.15, -0.1) is 0 Å². The summed E-state index contributed by atoms with van der Waals surface area (Å²) in [6, 6.07) is 13.6. The van der Waals surface area contributed by atoms with Crippen molar-refractivity contribution in [3.8, 4) is 11.5 Å². The summed E-state index contributed by atoms with van der Waals surface area (Å²) in [6.07, 6.45) is 0.485. The number of nitrogens with one attached hydrogen (secondary N) is 1. The summed E-state index contributed by atoms with van der Waals surface area (Å²) >= 11 is 5.95. The van der Waals surface area contributed by atoms with Crippen LogP contribution in [0.3, 0.4) is 0 Å². The average Bonchev–Trinajstić information content (AvgIpc) is 2.72. The van der Waals surface area contributed by atoms with Gasteiger partial charge in [0, 0.05) is 18.6 Å². The number of hydrogen-bond donors (Lipinski definition) is 1. The number of carbonyl (C=O) groups excluding carboxylic acids is 2. The minimum atomic E-state index is -0.595. The molecule has 0 heterocycles. The molecule has 150 valence electrons. The van der Waals surface area contributed by atoms with E-state index in [2.05, 4.69) is 5.32 Å². The van der Waals surface area contributed by atoms with Gasteiger partial charge in [0.05, 0.1) is 7.11 Å². The van der Waals surface area contributed by atoms with Gasteiger partial charge in [0.25, 0.3) is 5.91 Å². The largest absolute Gasteiger partial charge is 0.497 e. The minimum Gasteiger partial charge on any atom is -0.497 e. The molecule has 0 unspecified atom stereocenters. The fourth-order valence-electron chi connectivity index (χ4n) is 2.80. The zero-order valence-electron chi connectivity index (χ0n) is 16.3. The van der Waals surface area contributed by atoms with Gasteiger partial charge in [0.1, 0.15) is 17.5 Å². The third-order valence-corrected chi connectivity index (χ3v) is 4.54. The summed E-state index contributed by atoms with van der Waals surface area (Å²) in [7, 11) is 3.15. The van der Waals surface area contributed by atoms with Crippen LogP contribution in [-0.2, 0) is 16.1 Å². The molecular weight excluding hydrogens is 380 g/mol. The number of ether oxygens (including phenoxy) is 2. The van der Waals surface area contributed by atoms with Crippen molar-refractivity contribution in [1.29, 1.82) is 0 Å². The third kappa shape index (κ3) is 5.89. The second kappa shape index (κ2) is 10.6. The van der Waals surface area contributed by atoms with Crippen LogP contribution < -0.4 is 14.8 Å². The van der Waals surface area contributed by atoms with Gasteiger partial charge >= 0.3 is 0 Å². The maximum atomic E-state index is 12.9.